The summed E-state index contributed by atoms with van der Waals surface area (Å²) in [6.45, 7) is 1.47. The summed E-state index contributed by atoms with van der Waals surface area (Å²) in [7, 11) is 0. The molecule has 2 N–H and O–H groups in total. The van der Waals surface area contributed by atoms with Crippen LogP contribution in [-0.2, 0) is 6.42 Å². The minimum atomic E-state index is -0.236. The molecule has 6 heteroatoms. The molecule has 5 nitrogen and oxygen atoms in total. The molecule has 1 aliphatic heterocycles. The second kappa shape index (κ2) is 6.86. The van der Waals surface area contributed by atoms with Crippen LogP contribution in [0.4, 0.5) is 9.18 Å². The smallest absolute Gasteiger partial charge is 0.317 e. The third-order valence-corrected chi connectivity index (χ3v) is 5.46. The Morgan fingerprint density at radius 1 is 1.24 bits per heavy atom. The summed E-state index contributed by atoms with van der Waals surface area (Å²) in [5.74, 6) is 0.205. The van der Waals surface area contributed by atoms with Crippen LogP contribution in [0.3, 0.4) is 0 Å². The minimum Gasteiger partial charge on any atom is -0.331 e. The minimum absolute atomic E-state index is 0.0369. The molecule has 2 heterocycles. The molecule has 25 heavy (non-hydrogen) atoms. The highest BCUT2D eigenvalue weighted by Gasteiger charge is 2.28. The average molecular weight is 342 g/mol. The van der Waals surface area contributed by atoms with Crippen LogP contribution in [0, 0.1) is 5.82 Å². The van der Waals surface area contributed by atoms with E-state index in [1.54, 1.807) is 12.3 Å². The van der Waals surface area contributed by atoms with E-state index in [0.717, 1.165) is 62.0 Å². The Kier molecular flexibility index (Phi) is 4.42. The number of piperidine rings is 1. The Balaban J connectivity index is 1.38. The topological polar surface area (TPSA) is 61.0 Å². The Morgan fingerprint density at radius 2 is 2.08 bits per heavy atom. The number of likely N-dealkylation sites (tertiary alicyclic amines) is 1. The van der Waals surface area contributed by atoms with Crippen molar-refractivity contribution in [3.8, 4) is 0 Å². The Bertz CT molecular complexity index is 738. The number of halogens is 1. The van der Waals surface area contributed by atoms with Crippen LogP contribution in [0.5, 0.6) is 0 Å². The normalized spacial score (nSPS) is 21.0. The Morgan fingerprint density at radius 3 is 2.84 bits per heavy atom. The highest BCUT2D eigenvalue weighted by molar-refractivity contribution is 5.75. The van der Waals surface area contributed by atoms with E-state index >= 15 is 0 Å². The van der Waals surface area contributed by atoms with E-state index in [2.05, 4.69) is 15.5 Å². The maximum atomic E-state index is 13.6. The molecule has 0 bridgehead atoms. The third-order valence-electron chi connectivity index (χ3n) is 5.46. The molecule has 0 unspecified atom stereocenters. The van der Waals surface area contributed by atoms with Crippen LogP contribution < -0.4 is 5.32 Å². The molecular formula is C19H23FN4O. The van der Waals surface area contributed by atoms with Crippen LogP contribution in [0.2, 0.25) is 0 Å². The highest BCUT2D eigenvalue weighted by Crippen LogP contribution is 2.31. The molecule has 2 aromatic rings. The van der Waals surface area contributed by atoms with Crippen LogP contribution in [0.25, 0.3) is 0 Å². The average Bonchev–Trinajstić information content (AvgIpc) is 3.17. The Hall–Kier alpha value is -2.37. The van der Waals surface area contributed by atoms with Crippen LogP contribution in [0.15, 0.2) is 30.5 Å². The zero-order valence-corrected chi connectivity index (χ0v) is 14.2. The van der Waals surface area contributed by atoms with Crippen molar-refractivity contribution in [2.75, 3.05) is 13.1 Å². The van der Waals surface area contributed by atoms with Crippen molar-refractivity contribution in [1.29, 1.82) is 0 Å². The van der Waals surface area contributed by atoms with Gasteiger partial charge in [-0.1, -0.05) is 6.07 Å². The fourth-order valence-electron chi connectivity index (χ4n) is 4.05. The number of fused-ring (bicyclic) bond motifs is 1. The molecule has 1 aliphatic carbocycles. The molecule has 0 radical (unpaired) electrons. The summed E-state index contributed by atoms with van der Waals surface area (Å²) in [6.07, 6.45) is 6.49. The van der Waals surface area contributed by atoms with Gasteiger partial charge < -0.3 is 10.2 Å². The zero-order valence-electron chi connectivity index (χ0n) is 14.2. The van der Waals surface area contributed by atoms with Gasteiger partial charge in [0.15, 0.2) is 0 Å². The molecule has 1 aromatic carbocycles. The van der Waals surface area contributed by atoms with Crippen molar-refractivity contribution in [2.45, 2.75) is 44.1 Å². The van der Waals surface area contributed by atoms with Crippen LogP contribution >= 0.6 is 0 Å². The van der Waals surface area contributed by atoms with E-state index in [-0.39, 0.29) is 17.9 Å². The van der Waals surface area contributed by atoms with Gasteiger partial charge in [-0.3, -0.25) is 5.10 Å². The molecular weight excluding hydrogens is 319 g/mol. The molecule has 132 valence electrons. The second-order valence-corrected chi connectivity index (χ2v) is 7.01. The lowest BCUT2D eigenvalue weighted by molar-refractivity contribution is 0.176. The van der Waals surface area contributed by atoms with Crippen molar-refractivity contribution in [1.82, 2.24) is 20.4 Å². The number of urea groups is 1. The van der Waals surface area contributed by atoms with Gasteiger partial charge in [0.1, 0.15) is 5.82 Å². The number of hydrogen-bond acceptors (Lipinski definition) is 2. The summed E-state index contributed by atoms with van der Waals surface area (Å²) < 4.78 is 13.6. The molecule has 1 saturated heterocycles. The van der Waals surface area contributed by atoms with Gasteiger partial charge in [-0.2, -0.15) is 5.10 Å². The number of aromatic nitrogens is 2. The van der Waals surface area contributed by atoms with Crippen LogP contribution in [0.1, 0.15) is 54.5 Å². The number of aryl methyl sites for hydroxylation is 1. The monoisotopic (exact) mass is 342 g/mol. The fourth-order valence-corrected chi connectivity index (χ4v) is 4.05. The first-order chi connectivity index (χ1) is 12.2. The number of benzene rings is 1. The number of hydrogen-bond donors (Lipinski definition) is 2. The number of carbonyl (C=O) groups is 1. The molecule has 0 saturated carbocycles. The SMILES string of the molecule is O=C(N[C@H]1CCCc2ccc(F)cc21)N1CCC(c2ccn[nH]2)CC1. The lowest BCUT2D eigenvalue weighted by Crippen LogP contribution is -2.45. The molecule has 1 atom stereocenters. The van der Waals surface area contributed by atoms with Gasteiger partial charge in [-0.25, -0.2) is 9.18 Å². The number of rotatable bonds is 2. The number of aromatic amines is 1. The van der Waals surface area contributed by atoms with E-state index in [1.807, 2.05) is 17.0 Å². The summed E-state index contributed by atoms with van der Waals surface area (Å²) in [6, 6.07) is 6.81. The quantitative estimate of drug-likeness (QED) is 0.877. The Labute approximate surface area is 146 Å². The maximum absolute atomic E-state index is 13.6. The summed E-state index contributed by atoms with van der Waals surface area (Å²) in [4.78, 5) is 14.5. The summed E-state index contributed by atoms with van der Waals surface area (Å²) in [5, 5.41) is 10.2. The number of nitrogens with zero attached hydrogens (tertiary/aromatic N) is 2. The van der Waals surface area contributed by atoms with Gasteiger partial charge in [0.2, 0.25) is 0 Å². The first-order valence-electron chi connectivity index (χ1n) is 9.04. The summed E-state index contributed by atoms with van der Waals surface area (Å²) in [5.41, 5.74) is 3.24. The van der Waals surface area contributed by atoms with Gasteiger partial charge in [0.05, 0.1) is 6.04 Å². The largest absolute Gasteiger partial charge is 0.331 e. The van der Waals surface area contributed by atoms with Gasteiger partial charge >= 0.3 is 6.03 Å². The lowest BCUT2D eigenvalue weighted by Gasteiger charge is -2.34. The van der Waals surface area contributed by atoms with Crippen molar-refractivity contribution < 1.29 is 9.18 Å². The summed E-state index contributed by atoms with van der Waals surface area (Å²) >= 11 is 0. The number of carbonyl (C=O) groups excluding carboxylic acids is 1. The van der Waals surface area contributed by atoms with Crippen molar-refractivity contribution in [3.63, 3.8) is 0 Å². The van der Waals surface area contributed by atoms with E-state index in [0.29, 0.717) is 5.92 Å². The van der Waals surface area contributed by atoms with Crippen LogP contribution in [-0.4, -0.2) is 34.2 Å². The molecule has 4 rings (SSSR count). The number of amides is 2. The van der Waals surface area contributed by atoms with E-state index < -0.39 is 0 Å². The molecule has 1 fully saturated rings. The first kappa shape index (κ1) is 16.1. The highest BCUT2D eigenvalue weighted by atomic mass is 19.1. The molecule has 1 aromatic heterocycles. The number of H-pyrrole nitrogens is 1. The van der Waals surface area contributed by atoms with E-state index in [1.165, 1.54) is 6.07 Å². The number of nitrogens with one attached hydrogen (secondary N) is 2. The standard InChI is InChI=1S/C19H23FN4O/c20-15-5-4-13-2-1-3-18(16(13)12-15)22-19(25)24-10-7-14(8-11-24)17-6-9-21-23-17/h4-6,9,12,14,18H,1-3,7-8,10-11H2,(H,21,23)(H,22,25)/t18-/m0/s1. The third kappa shape index (κ3) is 3.38. The fraction of sp³-hybridized carbons (Fsp3) is 0.474. The molecule has 2 amide bonds. The molecule has 2 aliphatic rings. The van der Waals surface area contributed by atoms with Gasteiger partial charge in [0, 0.05) is 30.9 Å². The van der Waals surface area contributed by atoms with Crippen molar-refractivity contribution in [3.05, 3.63) is 53.1 Å². The van der Waals surface area contributed by atoms with Gasteiger partial charge in [-0.05, 0) is 61.4 Å². The van der Waals surface area contributed by atoms with Gasteiger partial charge in [0.25, 0.3) is 0 Å². The van der Waals surface area contributed by atoms with Crippen molar-refractivity contribution in [2.24, 2.45) is 0 Å². The van der Waals surface area contributed by atoms with E-state index in [9.17, 15) is 9.18 Å². The van der Waals surface area contributed by atoms with Gasteiger partial charge in [-0.15, -0.1) is 0 Å². The predicted molar refractivity (Wildman–Crippen MR) is 92.7 cm³/mol. The second-order valence-electron chi connectivity index (χ2n) is 7.01. The lowest BCUT2D eigenvalue weighted by atomic mass is 9.87. The first-order valence-corrected chi connectivity index (χ1v) is 9.04. The van der Waals surface area contributed by atoms with Crippen molar-refractivity contribution >= 4 is 6.03 Å². The van der Waals surface area contributed by atoms with E-state index in [4.69, 9.17) is 0 Å². The molecule has 0 spiro atoms. The maximum Gasteiger partial charge on any atom is 0.317 e. The predicted octanol–water partition coefficient (Wildman–Crippen LogP) is 3.52. The zero-order chi connectivity index (χ0) is 17.2.